The summed E-state index contributed by atoms with van der Waals surface area (Å²) in [6, 6.07) is 2.02. The Morgan fingerprint density at radius 2 is 2.38 bits per heavy atom. The molecule has 1 rings (SSSR count). The van der Waals surface area contributed by atoms with Crippen LogP contribution in [-0.2, 0) is 11.3 Å². The van der Waals surface area contributed by atoms with Gasteiger partial charge in [0.2, 0.25) is 11.7 Å². The van der Waals surface area contributed by atoms with Crippen molar-refractivity contribution >= 4 is 5.91 Å². The van der Waals surface area contributed by atoms with Gasteiger partial charge < -0.3 is 4.57 Å². The number of nitrogens with one attached hydrogen (secondary N) is 1. The number of unbranched alkanes of at least 4 members (excludes halogenated alkanes) is 2. The van der Waals surface area contributed by atoms with E-state index in [1.807, 2.05) is 10.6 Å². The summed E-state index contributed by atoms with van der Waals surface area (Å²) in [6.07, 6.45) is 6.50. The van der Waals surface area contributed by atoms with Gasteiger partial charge in [-0.1, -0.05) is 6.42 Å². The second kappa shape index (κ2) is 6.58. The summed E-state index contributed by atoms with van der Waals surface area (Å²) in [7, 11) is 0. The monoisotopic (exact) mass is 221 g/mol. The molecule has 0 saturated heterocycles. The molecule has 86 valence electrons. The van der Waals surface area contributed by atoms with Crippen LogP contribution >= 0.6 is 0 Å². The lowest BCUT2D eigenvalue weighted by Gasteiger charge is -2.03. The Hall–Kier alpha value is -1.87. The molecule has 0 saturated carbocycles. The summed E-state index contributed by atoms with van der Waals surface area (Å²) in [5.74, 6) is 5.25. The van der Waals surface area contributed by atoms with Crippen molar-refractivity contribution in [3.63, 3.8) is 0 Å². The average Bonchev–Trinajstić information content (AvgIpc) is 2.75. The van der Waals surface area contributed by atoms with E-state index < -0.39 is 0 Å². The molecule has 1 aromatic heterocycles. The Morgan fingerprint density at radius 1 is 1.56 bits per heavy atom. The maximum absolute atomic E-state index is 10.8. The molecule has 1 heterocycles. The van der Waals surface area contributed by atoms with Gasteiger partial charge in [0.15, 0.2) is 0 Å². The van der Waals surface area contributed by atoms with Crippen molar-refractivity contribution in [2.24, 2.45) is 5.84 Å². The highest BCUT2D eigenvalue weighted by Gasteiger charge is 2.01. The van der Waals surface area contributed by atoms with Crippen LogP contribution in [0.25, 0.3) is 0 Å². The van der Waals surface area contributed by atoms with Crippen molar-refractivity contribution in [3.8, 4) is 6.07 Å². The molecule has 0 fully saturated rings. The fourth-order valence-corrected chi connectivity index (χ4v) is 1.42. The first-order chi connectivity index (χ1) is 7.77. The zero-order valence-electron chi connectivity index (χ0n) is 9.02. The fraction of sp³-hybridized carbons (Fsp3) is 0.500. The number of nitriles is 1. The Balaban J connectivity index is 2.17. The van der Waals surface area contributed by atoms with E-state index in [-0.39, 0.29) is 5.91 Å². The first-order valence-electron chi connectivity index (χ1n) is 5.18. The lowest BCUT2D eigenvalue weighted by molar-refractivity contribution is -0.121. The number of hydrazine groups is 1. The lowest BCUT2D eigenvalue weighted by atomic mass is 10.2. The highest BCUT2D eigenvalue weighted by Crippen LogP contribution is 2.04. The molecule has 0 aliphatic heterocycles. The van der Waals surface area contributed by atoms with Crippen molar-refractivity contribution in [2.75, 3.05) is 0 Å². The zero-order chi connectivity index (χ0) is 11.8. The molecule has 0 radical (unpaired) electrons. The number of rotatable bonds is 6. The topological polar surface area (TPSA) is 96.7 Å². The predicted octanol–water partition coefficient (Wildman–Crippen LogP) is 0.305. The highest BCUT2D eigenvalue weighted by molar-refractivity contribution is 5.74. The van der Waals surface area contributed by atoms with E-state index in [1.54, 1.807) is 12.4 Å². The first kappa shape index (κ1) is 12.2. The number of hydrogen-bond donors (Lipinski definition) is 2. The predicted molar refractivity (Wildman–Crippen MR) is 57.7 cm³/mol. The van der Waals surface area contributed by atoms with Crippen LogP contribution in [0.15, 0.2) is 12.4 Å². The largest absolute Gasteiger partial charge is 0.323 e. The molecule has 0 atom stereocenters. The van der Waals surface area contributed by atoms with Gasteiger partial charge in [-0.05, 0) is 12.8 Å². The number of hydrogen-bond acceptors (Lipinski definition) is 4. The summed E-state index contributed by atoms with van der Waals surface area (Å²) in [5, 5.41) is 8.71. The number of nitrogens with zero attached hydrogens (tertiary/aromatic N) is 3. The van der Waals surface area contributed by atoms with Crippen LogP contribution in [0.5, 0.6) is 0 Å². The molecule has 0 spiro atoms. The van der Waals surface area contributed by atoms with Gasteiger partial charge in [-0.25, -0.2) is 10.8 Å². The number of nitrogens with two attached hydrogens (primary N) is 1. The molecule has 1 aromatic rings. The maximum atomic E-state index is 10.8. The van der Waals surface area contributed by atoms with Crippen molar-refractivity contribution in [2.45, 2.75) is 32.2 Å². The van der Waals surface area contributed by atoms with Crippen LogP contribution in [0.2, 0.25) is 0 Å². The van der Waals surface area contributed by atoms with Crippen LogP contribution in [0.3, 0.4) is 0 Å². The van der Waals surface area contributed by atoms with Crippen LogP contribution in [0, 0.1) is 11.3 Å². The van der Waals surface area contributed by atoms with E-state index >= 15 is 0 Å². The van der Waals surface area contributed by atoms with Gasteiger partial charge in [0, 0.05) is 25.4 Å². The van der Waals surface area contributed by atoms with Crippen molar-refractivity contribution < 1.29 is 4.79 Å². The lowest BCUT2D eigenvalue weighted by Crippen LogP contribution is -2.29. The fourth-order valence-electron chi connectivity index (χ4n) is 1.42. The standard InChI is InChI=1S/C10H15N5O/c11-8-9-13-5-7-15(9)6-3-1-2-4-10(16)14-12/h5,7H,1-4,6,12H2,(H,14,16). The smallest absolute Gasteiger partial charge is 0.233 e. The second-order valence-corrected chi connectivity index (χ2v) is 3.43. The van der Waals surface area contributed by atoms with Gasteiger partial charge in [0.25, 0.3) is 0 Å². The number of aromatic nitrogens is 2. The summed E-state index contributed by atoms with van der Waals surface area (Å²) >= 11 is 0. The van der Waals surface area contributed by atoms with E-state index in [0.717, 1.165) is 25.8 Å². The molecule has 3 N–H and O–H groups in total. The third-order valence-corrected chi connectivity index (χ3v) is 2.28. The van der Waals surface area contributed by atoms with Crippen LogP contribution in [0.1, 0.15) is 31.5 Å². The number of amides is 1. The molecular formula is C10H15N5O. The SMILES string of the molecule is N#Cc1nccn1CCCCCC(=O)NN. The van der Waals surface area contributed by atoms with E-state index in [1.165, 1.54) is 0 Å². The van der Waals surface area contributed by atoms with Gasteiger partial charge in [0.05, 0.1) is 0 Å². The van der Waals surface area contributed by atoms with E-state index in [4.69, 9.17) is 11.1 Å². The second-order valence-electron chi connectivity index (χ2n) is 3.43. The van der Waals surface area contributed by atoms with Gasteiger partial charge >= 0.3 is 0 Å². The van der Waals surface area contributed by atoms with Gasteiger partial charge in [-0.3, -0.25) is 10.2 Å². The average molecular weight is 221 g/mol. The van der Waals surface area contributed by atoms with E-state index in [9.17, 15) is 4.79 Å². The number of carbonyl (C=O) groups excluding carboxylic acids is 1. The third-order valence-electron chi connectivity index (χ3n) is 2.28. The minimum absolute atomic E-state index is 0.139. The summed E-state index contributed by atoms with van der Waals surface area (Å²) < 4.78 is 1.81. The van der Waals surface area contributed by atoms with E-state index in [2.05, 4.69) is 10.4 Å². The maximum Gasteiger partial charge on any atom is 0.233 e. The number of aryl methyl sites for hydroxylation is 1. The van der Waals surface area contributed by atoms with Gasteiger partial charge in [-0.15, -0.1) is 0 Å². The Morgan fingerprint density at radius 3 is 3.06 bits per heavy atom. The molecule has 16 heavy (non-hydrogen) atoms. The van der Waals surface area contributed by atoms with Crippen molar-refractivity contribution in [3.05, 3.63) is 18.2 Å². The zero-order valence-corrected chi connectivity index (χ0v) is 9.02. The minimum atomic E-state index is -0.139. The summed E-state index contributed by atoms with van der Waals surface area (Å²) in [6.45, 7) is 0.757. The molecule has 6 heteroatoms. The van der Waals surface area contributed by atoms with E-state index in [0.29, 0.717) is 12.2 Å². The third kappa shape index (κ3) is 3.71. The summed E-state index contributed by atoms with van der Waals surface area (Å²) in [5.41, 5.74) is 2.09. The minimum Gasteiger partial charge on any atom is -0.323 e. The van der Waals surface area contributed by atoms with Gasteiger partial charge in [-0.2, -0.15) is 5.26 Å². The van der Waals surface area contributed by atoms with Crippen LogP contribution in [-0.4, -0.2) is 15.5 Å². The van der Waals surface area contributed by atoms with Crippen LogP contribution < -0.4 is 11.3 Å². The summed E-state index contributed by atoms with van der Waals surface area (Å²) in [4.78, 5) is 14.7. The molecule has 0 aromatic carbocycles. The Kier molecular flexibility index (Phi) is 5.02. The van der Waals surface area contributed by atoms with Crippen molar-refractivity contribution in [1.82, 2.24) is 15.0 Å². The Bertz CT molecular complexity index is 379. The molecular weight excluding hydrogens is 206 g/mol. The molecule has 0 aliphatic rings. The Labute approximate surface area is 94.0 Å². The number of imidazole rings is 1. The molecule has 0 aliphatic carbocycles. The van der Waals surface area contributed by atoms with Gasteiger partial charge in [0.1, 0.15) is 6.07 Å². The normalized spacial score (nSPS) is 9.75. The molecule has 0 bridgehead atoms. The van der Waals surface area contributed by atoms with Crippen molar-refractivity contribution in [1.29, 1.82) is 5.26 Å². The molecule has 6 nitrogen and oxygen atoms in total. The molecule has 1 amide bonds. The first-order valence-corrected chi connectivity index (χ1v) is 5.18. The quantitative estimate of drug-likeness (QED) is 0.312. The highest BCUT2D eigenvalue weighted by atomic mass is 16.2. The van der Waals surface area contributed by atoms with Crippen LogP contribution in [0.4, 0.5) is 0 Å². The molecule has 0 unspecified atom stereocenters. The number of carbonyl (C=O) groups is 1.